The number of nitrogens with one attached hydrogen (secondary N) is 1. The van der Waals surface area contributed by atoms with Crippen LogP contribution in [-0.4, -0.2) is 30.9 Å². The molecular weight excluding hydrogens is 244 g/mol. The number of hydrogen-bond donors (Lipinski definition) is 3. The third-order valence-corrected chi connectivity index (χ3v) is 3.24. The van der Waals surface area contributed by atoms with Crippen molar-refractivity contribution in [1.82, 2.24) is 5.32 Å². The number of carbonyl (C=O) groups is 2. The van der Waals surface area contributed by atoms with Crippen molar-refractivity contribution < 1.29 is 9.59 Å². The van der Waals surface area contributed by atoms with Crippen LogP contribution in [0.1, 0.15) is 23.7 Å². The molecule has 2 amide bonds. The molecule has 0 spiro atoms. The number of primary amides is 1. The highest BCUT2D eigenvalue weighted by Crippen LogP contribution is 2.30. The van der Waals surface area contributed by atoms with Crippen molar-refractivity contribution in [3.8, 4) is 0 Å². The van der Waals surface area contributed by atoms with Gasteiger partial charge >= 0.3 is 0 Å². The van der Waals surface area contributed by atoms with Crippen molar-refractivity contribution in [2.24, 2.45) is 5.73 Å². The van der Waals surface area contributed by atoms with Crippen LogP contribution in [0.25, 0.3) is 0 Å². The Morgan fingerprint density at radius 3 is 2.79 bits per heavy atom. The highest BCUT2D eigenvalue weighted by molar-refractivity contribution is 6.01. The summed E-state index contributed by atoms with van der Waals surface area (Å²) in [6, 6.07) is 5.20. The maximum Gasteiger partial charge on any atom is 0.250 e. The molecule has 1 aromatic rings. The Labute approximate surface area is 111 Å². The van der Waals surface area contributed by atoms with Gasteiger partial charge in [0.1, 0.15) is 0 Å². The SMILES string of the molecule is CC(=O)NC1CCN(c2c(N)cccc2C(N)=O)C1. The molecule has 1 saturated heterocycles. The predicted octanol–water partition coefficient (Wildman–Crippen LogP) is 0.0825. The van der Waals surface area contributed by atoms with E-state index in [0.717, 1.165) is 13.0 Å². The fraction of sp³-hybridized carbons (Fsp3) is 0.385. The quantitative estimate of drug-likeness (QED) is 0.671. The van der Waals surface area contributed by atoms with E-state index in [1.54, 1.807) is 18.2 Å². The summed E-state index contributed by atoms with van der Waals surface area (Å²) in [5.41, 5.74) is 12.9. The van der Waals surface area contributed by atoms with Gasteiger partial charge in [-0.3, -0.25) is 9.59 Å². The Balaban J connectivity index is 2.24. The molecule has 1 unspecified atom stereocenters. The van der Waals surface area contributed by atoms with Gasteiger partial charge in [0, 0.05) is 26.1 Å². The molecule has 1 aliphatic heterocycles. The molecule has 0 aromatic heterocycles. The minimum Gasteiger partial charge on any atom is -0.397 e. The number of rotatable bonds is 3. The molecule has 1 fully saturated rings. The standard InChI is InChI=1S/C13H18N4O2/c1-8(18)16-9-5-6-17(7-9)12-10(13(15)19)3-2-4-11(12)14/h2-4,9H,5-7,14H2,1H3,(H2,15,19)(H,16,18). The van der Waals surface area contributed by atoms with E-state index in [1.165, 1.54) is 6.92 Å². The van der Waals surface area contributed by atoms with Gasteiger partial charge in [-0.05, 0) is 18.6 Å². The Hall–Kier alpha value is -2.24. The summed E-state index contributed by atoms with van der Waals surface area (Å²) in [5, 5.41) is 2.87. The first-order chi connectivity index (χ1) is 8.99. The number of para-hydroxylation sites is 1. The molecule has 6 nitrogen and oxygen atoms in total. The first kappa shape index (κ1) is 13.2. The third kappa shape index (κ3) is 2.78. The van der Waals surface area contributed by atoms with Crippen molar-refractivity contribution in [2.75, 3.05) is 23.7 Å². The molecule has 0 radical (unpaired) electrons. The van der Waals surface area contributed by atoms with Crippen LogP contribution in [0.3, 0.4) is 0 Å². The van der Waals surface area contributed by atoms with E-state index < -0.39 is 5.91 Å². The first-order valence-corrected chi connectivity index (χ1v) is 6.19. The van der Waals surface area contributed by atoms with E-state index >= 15 is 0 Å². The maximum atomic E-state index is 11.5. The van der Waals surface area contributed by atoms with E-state index in [-0.39, 0.29) is 11.9 Å². The zero-order chi connectivity index (χ0) is 14.0. The highest BCUT2D eigenvalue weighted by Gasteiger charge is 2.27. The molecular formula is C13H18N4O2. The number of nitrogens with two attached hydrogens (primary N) is 2. The van der Waals surface area contributed by atoms with Crippen LogP contribution in [0.5, 0.6) is 0 Å². The van der Waals surface area contributed by atoms with Crippen molar-refractivity contribution in [2.45, 2.75) is 19.4 Å². The van der Waals surface area contributed by atoms with Crippen molar-refractivity contribution in [1.29, 1.82) is 0 Å². The summed E-state index contributed by atoms with van der Waals surface area (Å²) < 4.78 is 0. The van der Waals surface area contributed by atoms with E-state index in [2.05, 4.69) is 5.32 Å². The number of benzene rings is 1. The normalized spacial score (nSPS) is 18.4. The first-order valence-electron chi connectivity index (χ1n) is 6.19. The smallest absolute Gasteiger partial charge is 0.250 e. The molecule has 19 heavy (non-hydrogen) atoms. The molecule has 1 atom stereocenters. The van der Waals surface area contributed by atoms with Crippen LogP contribution in [0.15, 0.2) is 18.2 Å². The van der Waals surface area contributed by atoms with Crippen LogP contribution in [-0.2, 0) is 4.79 Å². The number of nitrogen functional groups attached to an aromatic ring is 1. The van der Waals surface area contributed by atoms with E-state index in [4.69, 9.17) is 11.5 Å². The average molecular weight is 262 g/mol. The Morgan fingerprint density at radius 2 is 2.16 bits per heavy atom. The van der Waals surface area contributed by atoms with Crippen molar-refractivity contribution in [3.05, 3.63) is 23.8 Å². The van der Waals surface area contributed by atoms with Crippen molar-refractivity contribution >= 4 is 23.2 Å². The summed E-state index contributed by atoms with van der Waals surface area (Å²) in [4.78, 5) is 24.5. The van der Waals surface area contributed by atoms with Crippen molar-refractivity contribution in [3.63, 3.8) is 0 Å². The lowest BCUT2D eigenvalue weighted by Crippen LogP contribution is -2.36. The number of nitrogens with zero attached hydrogens (tertiary/aromatic N) is 1. The molecule has 1 aromatic carbocycles. The molecule has 5 N–H and O–H groups in total. The Bertz CT molecular complexity index is 515. The maximum absolute atomic E-state index is 11.5. The summed E-state index contributed by atoms with van der Waals surface area (Å²) >= 11 is 0. The summed E-state index contributed by atoms with van der Waals surface area (Å²) in [6.45, 7) is 2.86. The molecule has 6 heteroatoms. The summed E-state index contributed by atoms with van der Waals surface area (Å²) in [6.07, 6.45) is 0.826. The molecule has 102 valence electrons. The third-order valence-electron chi connectivity index (χ3n) is 3.24. The number of anilines is 2. The number of amides is 2. The van der Waals surface area contributed by atoms with Crippen LogP contribution in [0.2, 0.25) is 0 Å². The molecule has 0 bridgehead atoms. The van der Waals surface area contributed by atoms with E-state index in [9.17, 15) is 9.59 Å². The molecule has 2 rings (SSSR count). The summed E-state index contributed by atoms with van der Waals surface area (Å²) in [7, 11) is 0. The van der Waals surface area contributed by atoms with Gasteiger partial charge in [0.25, 0.3) is 5.91 Å². The zero-order valence-corrected chi connectivity index (χ0v) is 10.8. The number of carbonyl (C=O) groups excluding carboxylic acids is 2. The fourth-order valence-corrected chi connectivity index (χ4v) is 2.48. The minimum absolute atomic E-state index is 0.0528. The second-order valence-corrected chi connectivity index (χ2v) is 4.74. The highest BCUT2D eigenvalue weighted by atomic mass is 16.1. The number of hydrogen-bond acceptors (Lipinski definition) is 4. The largest absolute Gasteiger partial charge is 0.397 e. The minimum atomic E-state index is -0.495. The Morgan fingerprint density at radius 1 is 1.42 bits per heavy atom. The van der Waals surface area contributed by atoms with Gasteiger partial charge in [-0.15, -0.1) is 0 Å². The predicted molar refractivity (Wildman–Crippen MR) is 73.8 cm³/mol. The van der Waals surface area contributed by atoms with Gasteiger partial charge in [-0.25, -0.2) is 0 Å². The fourth-order valence-electron chi connectivity index (χ4n) is 2.48. The molecule has 1 aliphatic rings. The lowest BCUT2D eigenvalue weighted by atomic mass is 10.1. The van der Waals surface area contributed by atoms with E-state index in [0.29, 0.717) is 23.5 Å². The van der Waals surface area contributed by atoms with Crippen LogP contribution >= 0.6 is 0 Å². The molecule has 1 heterocycles. The lowest BCUT2D eigenvalue weighted by molar-refractivity contribution is -0.119. The lowest BCUT2D eigenvalue weighted by Gasteiger charge is -2.23. The monoisotopic (exact) mass is 262 g/mol. The molecule has 0 aliphatic carbocycles. The van der Waals surface area contributed by atoms with Crippen LogP contribution < -0.4 is 21.7 Å². The van der Waals surface area contributed by atoms with Gasteiger partial charge in [0.15, 0.2) is 0 Å². The Kier molecular flexibility index (Phi) is 3.59. The van der Waals surface area contributed by atoms with Gasteiger partial charge in [0.05, 0.1) is 16.9 Å². The van der Waals surface area contributed by atoms with Gasteiger partial charge in [-0.2, -0.15) is 0 Å². The second-order valence-electron chi connectivity index (χ2n) is 4.74. The van der Waals surface area contributed by atoms with Crippen LogP contribution in [0, 0.1) is 0 Å². The topological polar surface area (TPSA) is 101 Å². The zero-order valence-electron chi connectivity index (χ0n) is 10.8. The van der Waals surface area contributed by atoms with Gasteiger partial charge in [0.2, 0.25) is 5.91 Å². The van der Waals surface area contributed by atoms with E-state index in [1.807, 2.05) is 4.90 Å². The molecule has 0 saturated carbocycles. The van der Waals surface area contributed by atoms with Gasteiger partial charge < -0.3 is 21.7 Å². The average Bonchev–Trinajstić information content (AvgIpc) is 2.75. The van der Waals surface area contributed by atoms with Gasteiger partial charge in [-0.1, -0.05) is 6.07 Å². The summed E-state index contributed by atoms with van der Waals surface area (Å²) in [5.74, 6) is -0.548. The second kappa shape index (κ2) is 5.17. The van der Waals surface area contributed by atoms with Crippen LogP contribution in [0.4, 0.5) is 11.4 Å².